The third-order valence-electron chi connectivity index (χ3n) is 3.83. The van der Waals surface area contributed by atoms with E-state index in [1.807, 2.05) is 22.4 Å². The molecule has 5 nitrogen and oxygen atoms in total. The SMILES string of the molecule is O=C(O)CN(Cc1coc(-c2cccs2)n1)C1CCCC1. The molecule has 21 heavy (non-hydrogen) atoms. The fourth-order valence-electron chi connectivity index (χ4n) is 2.86. The maximum absolute atomic E-state index is 11.1. The van der Waals surface area contributed by atoms with Crippen LogP contribution in [0, 0.1) is 0 Å². The molecule has 0 saturated heterocycles. The smallest absolute Gasteiger partial charge is 0.317 e. The maximum atomic E-state index is 11.1. The van der Waals surface area contributed by atoms with Gasteiger partial charge >= 0.3 is 5.97 Å². The van der Waals surface area contributed by atoms with Gasteiger partial charge in [0.25, 0.3) is 0 Å². The summed E-state index contributed by atoms with van der Waals surface area (Å²) in [5.74, 6) is -0.175. The van der Waals surface area contributed by atoms with Gasteiger partial charge in [0, 0.05) is 12.6 Å². The van der Waals surface area contributed by atoms with Crippen LogP contribution in [0.3, 0.4) is 0 Å². The zero-order valence-electron chi connectivity index (χ0n) is 11.7. The largest absolute Gasteiger partial charge is 0.480 e. The average molecular weight is 306 g/mol. The number of hydrogen-bond donors (Lipinski definition) is 1. The molecular formula is C15H18N2O3S. The maximum Gasteiger partial charge on any atom is 0.317 e. The standard InChI is InChI=1S/C15H18N2O3S/c18-14(19)9-17(12-4-1-2-5-12)8-11-10-20-15(16-11)13-6-3-7-21-13/h3,6-7,10,12H,1-2,4-5,8-9H2,(H,18,19). The number of aromatic nitrogens is 1. The summed E-state index contributed by atoms with van der Waals surface area (Å²) < 4.78 is 5.50. The molecular weight excluding hydrogens is 288 g/mol. The molecule has 2 heterocycles. The zero-order valence-corrected chi connectivity index (χ0v) is 12.5. The Morgan fingerprint density at radius 1 is 1.48 bits per heavy atom. The predicted octanol–water partition coefficient (Wildman–Crippen LogP) is 3.23. The van der Waals surface area contributed by atoms with Gasteiger partial charge in [-0.1, -0.05) is 18.9 Å². The van der Waals surface area contributed by atoms with Crippen molar-refractivity contribution in [3.05, 3.63) is 29.5 Å². The first-order chi connectivity index (χ1) is 10.2. The van der Waals surface area contributed by atoms with Crippen molar-refractivity contribution in [2.45, 2.75) is 38.3 Å². The molecule has 0 aliphatic heterocycles. The van der Waals surface area contributed by atoms with Crippen LogP contribution in [0.2, 0.25) is 0 Å². The Labute approximate surface area is 127 Å². The Balaban J connectivity index is 1.71. The summed E-state index contributed by atoms with van der Waals surface area (Å²) in [7, 11) is 0. The van der Waals surface area contributed by atoms with Crippen molar-refractivity contribution < 1.29 is 14.3 Å². The van der Waals surface area contributed by atoms with Crippen molar-refractivity contribution in [1.29, 1.82) is 0 Å². The van der Waals surface area contributed by atoms with Gasteiger partial charge in [0.15, 0.2) is 0 Å². The van der Waals surface area contributed by atoms with Crippen LogP contribution in [0.1, 0.15) is 31.4 Å². The van der Waals surface area contributed by atoms with Crippen LogP contribution in [-0.4, -0.2) is 33.5 Å². The fraction of sp³-hybridized carbons (Fsp3) is 0.467. The summed E-state index contributed by atoms with van der Waals surface area (Å²) in [6.07, 6.45) is 6.14. The number of carboxylic acid groups (broad SMARTS) is 1. The van der Waals surface area contributed by atoms with E-state index in [2.05, 4.69) is 4.98 Å². The zero-order chi connectivity index (χ0) is 14.7. The van der Waals surface area contributed by atoms with E-state index in [0.29, 0.717) is 18.5 Å². The van der Waals surface area contributed by atoms with Crippen molar-refractivity contribution in [2.24, 2.45) is 0 Å². The molecule has 0 aromatic carbocycles. The molecule has 2 aromatic rings. The van der Waals surface area contributed by atoms with Gasteiger partial charge in [-0.2, -0.15) is 0 Å². The van der Waals surface area contributed by atoms with Gasteiger partial charge in [0.1, 0.15) is 6.26 Å². The first-order valence-electron chi connectivity index (χ1n) is 7.16. The number of rotatable bonds is 6. The van der Waals surface area contributed by atoms with E-state index in [4.69, 9.17) is 9.52 Å². The number of carbonyl (C=O) groups is 1. The summed E-state index contributed by atoms with van der Waals surface area (Å²) >= 11 is 1.58. The summed E-state index contributed by atoms with van der Waals surface area (Å²) in [6, 6.07) is 4.27. The number of oxazole rings is 1. The Kier molecular flexibility index (Phi) is 4.36. The summed E-state index contributed by atoms with van der Waals surface area (Å²) in [5, 5.41) is 11.1. The van der Waals surface area contributed by atoms with Gasteiger partial charge in [-0.25, -0.2) is 4.98 Å². The molecule has 0 unspecified atom stereocenters. The second-order valence-electron chi connectivity index (χ2n) is 5.36. The third kappa shape index (κ3) is 3.51. The average Bonchev–Trinajstić information content (AvgIpc) is 3.20. The van der Waals surface area contributed by atoms with Crippen molar-refractivity contribution in [3.63, 3.8) is 0 Å². The second-order valence-corrected chi connectivity index (χ2v) is 6.31. The number of carboxylic acids is 1. The van der Waals surface area contributed by atoms with E-state index in [1.165, 1.54) is 12.8 Å². The van der Waals surface area contributed by atoms with Gasteiger partial charge in [0.05, 0.1) is 17.1 Å². The second kappa shape index (κ2) is 6.41. The van der Waals surface area contributed by atoms with E-state index < -0.39 is 5.97 Å². The minimum Gasteiger partial charge on any atom is -0.480 e. The van der Waals surface area contributed by atoms with Crippen LogP contribution >= 0.6 is 11.3 Å². The van der Waals surface area contributed by atoms with Crippen LogP contribution in [-0.2, 0) is 11.3 Å². The van der Waals surface area contributed by atoms with Gasteiger partial charge < -0.3 is 9.52 Å². The third-order valence-corrected chi connectivity index (χ3v) is 4.69. The normalized spacial score (nSPS) is 15.9. The Bertz CT molecular complexity index is 588. The Hall–Kier alpha value is -1.66. The highest BCUT2D eigenvalue weighted by atomic mass is 32.1. The lowest BCUT2D eigenvalue weighted by atomic mass is 10.2. The molecule has 112 valence electrons. The molecule has 3 rings (SSSR count). The van der Waals surface area contributed by atoms with Crippen LogP contribution in [0.25, 0.3) is 10.8 Å². The highest BCUT2D eigenvalue weighted by Gasteiger charge is 2.25. The first kappa shape index (κ1) is 14.3. The van der Waals surface area contributed by atoms with E-state index in [-0.39, 0.29) is 6.54 Å². The number of thiophene rings is 1. The molecule has 0 radical (unpaired) electrons. The quantitative estimate of drug-likeness (QED) is 0.887. The molecule has 1 aliphatic carbocycles. The molecule has 0 bridgehead atoms. The van der Waals surface area contributed by atoms with E-state index >= 15 is 0 Å². The lowest BCUT2D eigenvalue weighted by molar-refractivity contribution is -0.139. The minimum atomic E-state index is -0.788. The van der Waals surface area contributed by atoms with Gasteiger partial charge in [-0.05, 0) is 24.3 Å². The molecule has 2 aromatic heterocycles. The van der Waals surface area contributed by atoms with Crippen molar-refractivity contribution in [3.8, 4) is 10.8 Å². The van der Waals surface area contributed by atoms with Gasteiger partial charge in [-0.15, -0.1) is 11.3 Å². The van der Waals surface area contributed by atoms with E-state index in [9.17, 15) is 4.79 Å². The molecule has 0 spiro atoms. The first-order valence-corrected chi connectivity index (χ1v) is 8.04. The minimum absolute atomic E-state index is 0.0614. The van der Waals surface area contributed by atoms with E-state index in [1.54, 1.807) is 17.6 Å². The molecule has 1 N–H and O–H groups in total. The van der Waals surface area contributed by atoms with E-state index in [0.717, 1.165) is 23.4 Å². The highest BCUT2D eigenvalue weighted by molar-refractivity contribution is 7.13. The molecule has 1 aliphatic rings. The van der Waals surface area contributed by atoms with Crippen LogP contribution in [0.4, 0.5) is 0 Å². The van der Waals surface area contributed by atoms with Crippen molar-refractivity contribution in [2.75, 3.05) is 6.54 Å². The monoisotopic (exact) mass is 306 g/mol. The number of nitrogens with zero attached hydrogens (tertiary/aromatic N) is 2. The lowest BCUT2D eigenvalue weighted by Crippen LogP contribution is -2.37. The Morgan fingerprint density at radius 3 is 2.95 bits per heavy atom. The molecule has 6 heteroatoms. The fourth-order valence-corrected chi connectivity index (χ4v) is 3.51. The number of aliphatic carboxylic acids is 1. The highest BCUT2D eigenvalue weighted by Crippen LogP contribution is 2.27. The van der Waals surface area contributed by atoms with Crippen LogP contribution in [0.15, 0.2) is 28.2 Å². The van der Waals surface area contributed by atoms with Crippen molar-refractivity contribution >= 4 is 17.3 Å². The van der Waals surface area contributed by atoms with Crippen LogP contribution in [0.5, 0.6) is 0 Å². The summed E-state index contributed by atoms with van der Waals surface area (Å²) in [6.45, 7) is 0.595. The summed E-state index contributed by atoms with van der Waals surface area (Å²) in [5.41, 5.74) is 0.798. The molecule has 1 saturated carbocycles. The predicted molar refractivity (Wildman–Crippen MR) is 80.1 cm³/mol. The topological polar surface area (TPSA) is 66.6 Å². The van der Waals surface area contributed by atoms with Crippen LogP contribution < -0.4 is 0 Å². The number of hydrogen-bond acceptors (Lipinski definition) is 5. The summed E-state index contributed by atoms with van der Waals surface area (Å²) in [4.78, 5) is 18.5. The lowest BCUT2D eigenvalue weighted by Gasteiger charge is -2.25. The molecule has 1 fully saturated rings. The van der Waals surface area contributed by atoms with Gasteiger partial charge in [-0.3, -0.25) is 9.69 Å². The van der Waals surface area contributed by atoms with Gasteiger partial charge in [0.2, 0.25) is 5.89 Å². The molecule has 0 amide bonds. The Morgan fingerprint density at radius 2 is 2.29 bits per heavy atom. The van der Waals surface area contributed by atoms with Crippen molar-refractivity contribution in [1.82, 2.24) is 9.88 Å². The molecule has 0 atom stereocenters.